The van der Waals surface area contributed by atoms with E-state index in [4.69, 9.17) is 0 Å². The number of primary amides is 1. The molecule has 0 unspecified atom stereocenters. The van der Waals surface area contributed by atoms with E-state index in [1.54, 1.807) is 13.0 Å². The molecule has 0 heterocycles. The van der Waals surface area contributed by atoms with Gasteiger partial charge in [-0.1, -0.05) is 6.08 Å². The molecule has 0 aromatic heterocycles. The van der Waals surface area contributed by atoms with Crippen LogP contribution in [0, 0.1) is 0 Å². The van der Waals surface area contributed by atoms with E-state index in [0.29, 0.717) is 0 Å². The van der Waals surface area contributed by atoms with Gasteiger partial charge in [0.25, 0.3) is 0 Å². The molecule has 0 aromatic carbocycles. The summed E-state index contributed by atoms with van der Waals surface area (Å²) in [4.78, 5) is 9.73. The summed E-state index contributed by atoms with van der Waals surface area (Å²) in [6, 6.07) is 0. The zero-order chi connectivity index (χ0) is 4.99. The van der Waals surface area contributed by atoms with Crippen LogP contribution in [0.5, 0.6) is 0 Å². The van der Waals surface area contributed by atoms with Gasteiger partial charge >= 0.3 is 29.6 Å². The van der Waals surface area contributed by atoms with Gasteiger partial charge in [-0.15, -0.1) is 0 Å². The summed E-state index contributed by atoms with van der Waals surface area (Å²) in [5, 5.41) is 0. The fourth-order valence-corrected chi connectivity index (χ4v) is 0.164. The largest absolute Gasteiger partial charge is 1.00 e. The molecule has 0 bridgehead atoms. The first kappa shape index (κ1) is 10.2. The van der Waals surface area contributed by atoms with Gasteiger partial charge in [0.2, 0.25) is 5.91 Å². The number of carbonyl (C=O) groups is 1. The van der Waals surface area contributed by atoms with Crippen LogP contribution in [0.1, 0.15) is 8.35 Å². The van der Waals surface area contributed by atoms with Gasteiger partial charge in [0.15, 0.2) is 0 Å². The molecule has 0 aromatic rings. The summed E-state index contributed by atoms with van der Waals surface area (Å²) in [5.74, 6) is -0.391. The number of hydrogen-bond acceptors (Lipinski definition) is 1. The van der Waals surface area contributed by atoms with E-state index in [1.165, 1.54) is 6.08 Å². The van der Waals surface area contributed by atoms with Crippen LogP contribution in [0.25, 0.3) is 0 Å². The van der Waals surface area contributed by atoms with Crippen molar-refractivity contribution in [2.75, 3.05) is 0 Å². The molecular formula is C4H8NNaO. The fourth-order valence-electron chi connectivity index (χ4n) is 0.164. The Morgan fingerprint density at radius 1 is 1.86 bits per heavy atom. The van der Waals surface area contributed by atoms with Crippen LogP contribution < -0.4 is 35.3 Å². The number of nitrogens with two attached hydrogens (primary N) is 1. The molecule has 0 atom stereocenters. The molecule has 1 amide bonds. The van der Waals surface area contributed by atoms with E-state index in [1.807, 2.05) is 0 Å². The van der Waals surface area contributed by atoms with Crippen LogP contribution in [-0.4, -0.2) is 5.91 Å². The zero-order valence-electron chi connectivity index (χ0n) is 5.64. The number of amides is 1. The number of allylic oxidation sites excluding steroid dienone is 1. The van der Waals surface area contributed by atoms with Crippen molar-refractivity contribution in [3.8, 4) is 0 Å². The van der Waals surface area contributed by atoms with E-state index < -0.39 is 5.91 Å². The molecule has 2 N–H and O–H groups in total. The van der Waals surface area contributed by atoms with Crippen molar-refractivity contribution >= 4 is 5.91 Å². The van der Waals surface area contributed by atoms with Crippen LogP contribution in [-0.2, 0) is 4.79 Å². The van der Waals surface area contributed by atoms with Gasteiger partial charge in [-0.05, 0) is 13.0 Å². The average molecular weight is 109 g/mol. The summed E-state index contributed by atoms with van der Waals surface area (Å²) in [7, 11) is 0. The second-order valence-electron chi connectivity index (χ2n) is 0.902. The Labute approximate surface area is 66.5 Å². The summed E-state index contributed by atoms with van der Waals surface area (Å²) in [6.45, 7) is 1.74. The van der Waals surface area contributed by atoms with Crippen molar-refractivity contribution < 1.29 is 35.8 Å². The summed E-state index contributed by atoms with van der Waals surface area (Å²) < 4.78 is 0. The normalized spacial score (nSPS) is 8.14. The zero-order valence-corrected chi connectivity index (χ0v) is 6.64. The minimum atomic E-state index is -0.391. The quantitative estimate of drug-likeness (QED) is 0.286. The van der Waals surface area contributed by atoms with E-state index >= 15 is 0 Å². The van der Waals surface area contributed by atoms with Gasteiger partial charge in [-0.2, -0.15) is 0 Å². The molecule has 3 heteroatoms. The molecule has 2 nitrogen and oxygen atoms in total. The number of hydrogen-bond donors (Lipinski definition) is 1. The molecular weight excluding hydrogens is 101 g/mol. The molecule has 0 saturated heterocycles. The van der Waals surface area contributed by atoms with Crippen LogP contribution in [0.4, 0.5) is 0 Å². The average Bonchev–Trinajstić information content (AvgIpc) is 1.35. The second kappa shape index (κ2) is 6.21. The standard InChI is InChI=1S/C4H7NO.Na.H/c1-2-3-4(5)6;;/h2-3H,1H3,(H2,5,6);;/q;+1;-1. The predicted molar refractivity (Wildman–Crippen MR) is 25.1 cm³/mol. The third kappa shape index (κ3) is 10.7. The van der Waals surface area contributed by atoms with Gasteiger partial charge in [0.1, 0.15) is 0 Å². The van der Waals surface area contributed by atoms with Crippen molar-refractivity contribution in [1.29, 1.82) is 0 Å². The van der Waals surface area contributed by atoms with Crippen molar-refractivity contribution in [1.82, 2.24) is 0 Å². The van der Waals surface area contributed by atoms with E-state index in [9.17, 15) is 4.79 Å². The van der Waals surface area contributed by atoms with E-state index in [-0.39, 0.29) is 31.0 Å². The summed E-state index contributed by atoms with van der Waals surface area (Å²) in [6.07, 6.45) is 2.91. The summed E-state index contributed by atoms with van der Waals surface area (Å²) in [5.41, 5.74) is 4.68. The third-order valence-electron chi connectivity index (χ3n) is 0.331. The monoisotopic (exact) mass is 109 g/mol. The molecule has 0 aliphatic rings. The smallest absolute Gasteiger partial charge is 1.00 e. The Kier molecular flexibility index (Phi) is 9.09. The Morgan fingerprint density at radius 2 is 2.29 bits per heavy atom. The van der Waals surface area contributed by atoms with Crippen molar-refractivity contribution in [2.24, 2.45) is 5.73 Å². The van der Waals surface area contributed by atoms with E-state index in [2.05, 4.69) is 5.73 Å². The number of rotatable bonds is 1. The van der Waals surface area contributed by atoms with Gasteiger partial charge in [0.05, 0.1) is 0 Å². The minimum absolute atomic E-state index is 0. The van der Waals surface area contributed by atoms with Gasteiger partial charge in [-0.3, -0.25) is 4.79 Å². The van der Waals surface area contributed by atoms with Gasteiger partial charge in [0, 0.05) is 0 Å². The Morgan fingerprint density at radius 3 is 2.29 bits per heavy atom. The van der Waals surface area contributed by atoms with Crippen molar-refractivity contribution in [3.63, 3.8) is 0 Å². The maximum Gasteiger partial charge on any atom is 1.00 e. The van der Waals surface area contributed by atoms with Crippen LogP contribution in [0.3, 0.4) is 0 Å². The SMILES string of the molecule is CC=CC(N)=O.[H-].[Na+]. The van der Waals surface area contributed by atoms with Crippen molar-refractivity contribution in [2.45, 2.75) is 6.92 Å². The van der Waals surface area contributed by atoms with Crippen LogP contribution in [0.15, 0.2) is 12.2 Å². The second-order valence-corrected chi connectivity index (χ2v) is 0.902. The van der Waals surface area contributed by atoms with Crippen LogP contribution in [0.2, 0.25) is 0 Å². The molecule has 7 heavy (non-hydrogen) atoms. The molecule has 0 radical (unpaired) electrons. The van der Waals surface area contributed by atoms with Gasteiger partial charge < -0.3 is 7.16 Å². The first-order valence-electron chi connectivity index (χ1n) is 1.69. The Hall–Kier alpha value is 0.210. The van der Waals surface area contributed by atoms with Crippen LogP contribution >= 0.6 is 0 Å². The Bertz CT molecular complexity index is 84.1. The predicted octanol–water partition coefficient (Wildman–Crippen LogP) is -2.84. The maximum atomic E-state index is 9.73. The Balaban J connectivity index is -0.000000125. The van der Waals surface area contributed by atoms with Crippen molar-refractivity contribution in [3.05, 3.63) is 12.2 Å². The minimum Gasteiger partial charge on any atom is -1.00 e. The molecule has 0 aliphatic carbocycles. The fraction of sp³-hybridized carbons (Fsp3) is 0.250. The molecule has 0 rings (SSSR count). The molecule has 0 saturated carbocycles. The maximum absolute atomic E-state index is 9.73. The summed E-state index contributed by atoms with van der Waals surface area (Å²) >= 11 is 0. The third-order valence-corrected chi connectivity index (χ3v) is 0.331. The number of carbonyl (C=O) groups excluding carboxylic acids is 1. The molecule has 0 fully saturated rings. The topological polar surface area (TPSA) is 43.1 Å². The van der Waals surface area contributed by atoms with Gasteiger partial charge in [-0.25, -0.2) is 0 Å². The first-order chi connectivity index (χ1) is 2.77. The molecule has 0 spiro atoms. The molecule has 0 aliphatic heterocycles. The van der Waals surface area contributed by atoms with E-state index in [0.717, 1.165) is 0 Å². The molecule has 36 valence electrons. The first-order valence-corrected chi connectivity index (χ1v) is 1.69.